The molecule has 0 radical (unpaired) electrons. The van der Waals surface area contributed by atoms with Gasteiger partial charge in [-0.25, -0.2) is 9.07 Å². The number of ether oxygens (including phenoxy) is 1. The summed E-state index contributed by atoms with van der Waals surface area (Å²) in [7, 11) is 1.59. The molecule has 23 heavy (non-hydrogen) atoms. The SMILES string of the molecule is COc1ccc(F)cc1CCc1cn(Cc2ccccc2)nn1. The molecule has 0 aliphatic heterocycles. The summed E-state index contributed by atoms with van der Waals surface area (Å²) in [6, 6.07) is 14.7. The van der Waals surface area contributed by atoms with Crippen molar-refractivity contribution < 1.29 is 9.13 Å². The second-order valence-corrected chi connectivity index (χ2v) is 5.35. The molecule has 4 nitrogen and oxygen atoms in total. The van der Waals surface area contributed by atoms with Gasteiger partial charge in [0, 0.05) is 6.20 Å². The highest BCUT2D eigenvalue weighted by Crippen LogP contribution is 2.20. The highest BCUT2D eigenvalue weighted by atomic mass is 19.1. The zero-order chi connectivity index (χ0) is 16.1. The number of hydrogen-bond acceptors (Lipinski definition) is 3. The molecule has 0 atom stereocenters. The molecular formula is C18H18FN3O. The Labute approximate surface area is 134 Å². The number of methoxy groups -OCH3 is 1. The first-order valence-electron chi connectivity index (χ1n) is 7.50. The van der Waals surface area contributed by atoms with Crippen molar-refractivity contribution in [2.24, 2.45) is 0 Å². The third kappa shape index (κ3) is 3.94. The molecule has 1 heterocycles. The summed E-state index contributed by atoms with van der Waals surface area (Å²) in [6.45, 7) is 0.692. The van der Waals surface area contributed by atoms with Gasteiger partial charge in [-0.1, -0.05) is 35.5 Å². The summed E-state index contributed by atoms with van der Waals surface area (Å²) < 4.78 is 20.4. The fourth-order valence-electron chi connectivity index (χ4n) is 2.51. The largest absolute Gasteiger partial charge is 0.496 e. The van der Waals surface area contributed by atoms with Gasteiger partial charge in [-0.3, -0.25) is 0 Å². The van der Waals surface area contributed by atoms with Crippen LogP contribution in [0.15, 0.2) is 54.7 Å². The summed E-state index contributed by atoms with van der Waals surface area (Å²) in [4.78, 5) is 0. The first-order valence-corrected chi connectivity index (χ1v) is 7.50. The Morgan fingerprint density at radius 3 is 2.70 bits per heavy atom. The van der Waals surface area contributed by atoms with E-state index in [1.165, 1.54) is 17.7 Å². The number of rotatable bonds is 6. The average molecular weight is 311 g/mol. The Morgan fingerprint density at radius 2 is 1.91 bits per heavy atom. The average Bonchev–Trinajstić information content (AvgIpc) is 3.01. The van der Waals surface area contributed by atoms with Gasteiger partial charge in [0.05, 0.1) is 19.3 Å². The predicted molar refractivity (Wildman–Crippen MR) is 85.9 cm³/mol. The number of aryl methyl sites for hydroxylation is 2. The maximum atomic E-state index is 13.4. The summed E-state index contributed by atoms with van der Waals surface area (Å²) >= 11 is 0. The Balaban J connectivity index is 1.64. The number of aromatic nitrogens is 3. The smallest absolute Gasteiger partial charge is 0.123 e. The molecule has 0 aliphatic carbocycles. The molecule has 2 aromatic carbocycles. The van der Waals surface area contributed by atoms with Crippen molar-refractivity contribution in [3.05, 3.63) is 77.4 Å². The molecule has 0 aliphatic rings. The van der Waals surface area contributed by atoms with Gasteiger partial charge < -0.3 is 4.74 Å². The van der Waals surface area contributed by atoms with Crippen LogP contribution in [0.5, 0.6) is 5.75 Å². The van der Waals surface area contributed by atoms with E-state index in [1.54, 1.807) is 13.2 Å². The van der Waals surface area contributed by atoms with Crippen LogP contribution in [-0.4, -0.2) is 22.1 Å². The Hall–Kier alpha value is -2.69. The number of nitrogens with zero attached hydrogens (tertiary/aromatic N) is 3. The Bertz CT molecular complexity index is 771. The zero-order valence-electron chi connectivity index (χ0n) is 12.9. The lowest BCUT2D eigenvalue weighted by Gasteiger charge is -2.07. The van der Waals surface area contributed by atoms with Crippen molar-refractivity contribution in [2.75, 3.05) is 7.11 Å². The topological polar surface area (TPSA) is 39.9 Å². The first-order chi connectivity index (χ1) is 11.2. The molecular weight excluding hydrogens is 293 g/mol. The minimum absolute atomic E-state index is 0.256. The second kappa shape index (κ2) is 7.05. The van der Waals surface area contributed by atoms with E-state index in [0.717, 1.165) is 11.3 Å². The molecule has 0 N–H and O–H groups in total. The van der Waals surface area contributed by atoms with E-state index in [2.05, 4.69) is 22.4 Å². The van der Waals surface area contributed by atoms with Crippen LogP contribution in [0.3, 0.4) is 0 Å². The number of hydrogen-bond donors (Lipinski definition) is 0. The van der Waals surface area contributed by atoms with Crippen molar-refractivity contribution in [3.63, 3.8) is 0 Å². The van der Waals surface area contributed by atoms with Crippen LogP contribution in [0.25, 0.3) is 0 Å². The van der Waals surface area contributed by atoms with Crippen molar-refractivity contribution in [1.29, 1.82) is 0 Å². The van der Waals surface area contributed by atoms with Gasteiger partial charge in [-0.15, -0.1) is 5.10 Å². The quantitative estimate of drug-likeness (QED) is 0.701. The highest BCUT2D eigenvalue weighted by molar-refractivity contribution is 5.34. The molecule has 1 aromatic heterocycles. The van der Waals surface area contributed by atoms with Crippen LogP contribution in [0.4, 0.5) is 4.39 Å². The summed E-state index contributed by atoms with van der Waals surface area (Å²) in [6.07, 6.45) is 3.28. The normalized spacial score (nSPS) is 10.7. The Morgan fingerprint density at radius 1 is 1.09 bits per heavy atom. The molecule has 0 fully saturated rings. The lowest BCUT2D eigenvalue weighted by molar-refractivity contribution is 0.408. The molecule has 0 bridgehead atoms. The Kier molecular flexibility index (Phi) is 4.66. The standard InChI is InChI=1S/C18H18FN3O/c1-23-18-10-8-16(19)11-15(18)7-9-17-13-22(21-20-17)12-14-5-3-2-4-6-14/h2-6,8,10-11,13H,7,9,12H2,1H3. The van der Waals surface area contributed by atoms with Crippen LogP contribution < -0.4 is 4.74 Å². The van der Waals surface area contributed by atoms with Crippen LogP contribution in [0.2, 0.25) is 0 Å². The van der Waals surface area contributed by atoms with Gasteiger partial charge >= 0.3 is 0 Å². The van der Waals surface area contributed by atoms with Crippen LogP contribution in [0.1, 0.15) is 16.8 Å². The molecule has 0 amide bonds. The fourth-order valence-corrected chi connectivity index (χ4v) is 2.51. The van der Waals surface area contributed by atoms with Gasteiger partial charge in [0.25, 0.3) is 0 Å². The van der Waals surface area contributed by atoms with Crippen LogP contribution >= 0.6 is 0 Å². The van der Waals surface area contributed by atoms with Gasteiger partial charge in [-0.2, -0.15) is 0 Å². The maximum Gasteiger partial charge on any atom is 0.123 e. The number of halogens is 1. The van der Waals surface area contributed by atoms with Crippen molar-refractivity contribution in [2.45, 2.75) is 19.4 Å². The van der Waals surface area contributed by atoms with Gasteiger partial charge in [0.15, 0.2) is 0 Å². The fraction of sp³-hybridized carbons (Fsp3) is 0.222. The van der Waals surface area contributed by atoms with E-state index < -0.39 is 0 Å². The van der Waals surface area contributed by atoms with Crippen molar-refractivity contribution >= 4 is 0 Å². The van der Waals surface area contributed by atoms with E-state index in [9.17, 15) is 4.39 Å². The monoisotopic (exact) mass is 311 g/mol. The molecule has 118 valence electrons. The van der Waals surface area contributed by atoms with Crippen molar-refractivity contribution in [3.8, 4) is 5.75 Å². The highest BCUT2D eigenvalue weighted by Gasteiger charge is 2.07. The summed E-state index contributed by atoms with van der Waals surface area (Å²) in [5.74, 6) is 0.441. The predicted octanol–water partition coefficient (Wildman–Crippen LogP) is 3.26. The third-order valence-corrected chi connectivity index (χ3v) is 3.67. The van der Waals surface area contributed by atoms with Crippen LogP contribution in [0, 0.1) is 5.82 Å². The molecule has 0 spiro atoms. The van der Waals surface area contributed by atoms with E-state index in [4.69, 9.17) is 4.74 Å². The number of benzene rings is 2. The van der Waals surface area contributed by atoms with E-state index in [1.807, 2.05) is 29.1 Å². The molecule has 3 aromatic rings. The summed E-state index contributed by atoms with van der Waals surface area (Å²) in [5.41, 5.74) is 2.90. The minimum Gasteiger partial charge on any atom is -0.496 e. The molecule has 0 unspecified atom stereocenters. The summed E-state index contributed by atoms with van der Waals surface area (Å²) in [5, 5.41) is 8.33. The molecule has 5 heteroatoms. The lowest BCUT2D eigenvalue weighted by atomic mass is 10.1. The zero-order valence-corrected chi connectivity index (χ0v) is 12.9. The molecule has 0 saturated heterocycles. The lowest BCUT2D eigenvalue weighted by Crippen LogP contribution is -1.99. The molecule has 3 rings (SSSR count). The first kappa shape index (κ1) is 15.2. The van der Waals surface area contributed by atoms with E-state index in [-0.39, 0.29) is 5.82 Å². The minimum atomic E-state index is -0.256. The second-order valence-electron chi connectivity index (χ2n) is 5.35. The van der Waals surface area contributed by atoms with Crippen molar-refractivity contribution in [1.82, 2.24) is 15.0 Å². The maximum absolute atomic E-state index is 13.4. The van der Waals surface area contributed by atoms with E-state index in [0.29, 0.717) is 25.1 Å². The third-order valence-electron chi connectivity index (χ3n) is 3.67. The van der Waals surface area contributed by atoms with Gasteiger partial charge in [0.2, 0.25) is 0 Å². The van der Waals surface area contributed by atoms with Gasteiger partial charge in [-0.05, 0) is 42.2 Å². The van der Waals surface area contributed by atoms with E-state index >= 15 is 0 Å². The van der Waals surface area contributed by atoms with Crippen LogP contribution in [-0.2, 0) is 19.4 Å². The van der Waals surface area contributed by atoms with Gasteiger partial charge in [0.1, 0.15) is 11.6 Å². The molecule has 0 saturated carbocycles.